The standard InChI is InChI=1S/C21H20Cl2N2O5S/c22-13-4-9-16(17(23)11-13)20(26)24-14-5-7-15(8-6-14)31(29,30)25-18-3-1-2-12(18)10-19(25)21(27)28/h4-9,11-12,18-19H,1-3,10H2,(H,24,26)(H,27,28)/t12-,18-,19?/m0/s1. The fourth-order valence-corrected chi connectivity index (χ4v) is 6.87. The van der Waals surface area contributed by atoms with Crippen molar-refractivity contribution in [3.8, 4) is 0 Å². The SMILES string of the molecule is O=C(Nc1ccc(S(=O)(=O)N2C(C(=O)O)C[C@@H]3CCC[C@@H]32)cc1)c1ccc(Cl)cc1Cl. The second kappa shape index (κ2) is 8.43. The van der Waals surface area contributed by atoms with E-state index in [2.05, 4.69) is 5.32 Å². The molecule has 0 aromatic heterocycles. The van der Waals surface area contributed by atoms with Gasteiger partial charge in [0, 0.05) is 16.8 Å². The van der Waals surface area contributed by atoms with Crippen molar-refractivity contribution in [3.63, 3.8) is 0 Å². The molecule has 1 unspecified atom stereocenters. The Labute approximate surface area is 190 Å². The topological polar surface area (TPSA) is 104 Å². The molecular formula is C21H20Cl2N2O5S. The minimum Gasteiger partial charge on any atom is -0.480 e. The average Bonchev–Trinajstić information content (AvgIpc) is 3.29. The Morgan fingerprint density at radius 3 is 2.42 bits per heavy atom. The van der Waals surface area contributed by atoms with E-state index < -0.39 is 27.9 Å². The summed E-state index contributed by atoms with van der Waals surface area (Å²) in [4.78, 5) is 24.2. The van der Waals surface area contributed by atoms with E-state index in [0.29, 0.717) is 23.6 Å². The number of nitrogens with zero attached hydrogens (tertiary/aromatic N) is 1. The molecule has 4 rings (SSSR count). The van der Waals surface area contributed by atoms with Gasteiger partial charge in [-0.3, -0.25) is 9.59 Å². The largest absolute Gasteiger partial charge is 0.480 e. The lowest BCUT2D eigenvalue weighted by Gasteiger charge is -2.26. The highest BCUT2D eigenvalue weighted by Gasteiger charge is 2.52. The fraction of sp³-hybridized carbons (Fsp3) is 0.333. The van der Waals surface area contributed by atoms with Crippen LogP contribution in [0.3, 0.4) is 0 Å². The average molecular weight is 483 g/mol. The molecule has 1 saturated heterocycles. The molecule has 1 aliphatic heterocycles. The van der Waals surface area contributed by atoms with Crippen molar-refractivity contribution >= 4 is 50.8 Å². The molecule has 1 heterocycles. The van der Waals surface area contributed by atoms with Crippen LogP contribution in [0.5, 0.6) is 0 Å². The molecular weight excluding hydrogens is 463 g/mol. The van der Waals surface area contributed by atoms with Gasteiger partial charge in [-0.1, -0.05) is 29.6 Å². The molecule has 31 heavy (non-hydrogen) atoms. The van der Waals surface area contributed by atoms with Gasteiger partial charge < -0.3 is 10.4 Å². The number of carboxylic acid groups (broad SMARTS) is 1. The number of hydrogen-bond donors (Lipinski definition) is 2. The third-order valence-corrected chi connectivity index (χ3v) is 8.42. The molecule has 7 nitrogen and oxygen atoms in total. The van der Waals surface area contributed by atoms with Gasteiger partial charge in [0.05, 0.1) is 15.5 Å². The number of aliphatic carboxylic acids is 1. The molecule has 2 aromatic rings. The molecule has 0 radical (unpaired) electrons. The third kappa shape index (κ3) is 4.17. The maximum absolute atomic E-state index is 13.3. The Morgan fingerprint density at radius 2 is 1.77 bits per heavy atom. The fourth-order valence-electron chi connectivity index (χ4n) is 4.51. The number of fused-ring (bicyclic) bond motifs is 1. The first-order chi connectivity index (χ1) is 14.7. The van der Waals surface area contributed by atoms with E-state index >= 15 is 0 Å². The van der Waals surface area contributed by atoms with Crippen LogP contribution in [0.1, 0.15) is 36.0 Å². The summed E-state index contributed by atoms with van der Waals surface area (Å²) < 4.78 is 27.7. The first kappa shape index (κ1) is 22.1. The van der Waals surface area contributed by atoms with Crippen molar-refractivity contribution < 1.29 is 23.1 Å². The molecule has 1 saturated carbocycles. The van der Waals surface area contributed by atoms with Gasteiger partial charge in [-0.2, -0.15) is 4.31 Å². The highest BCUT2D eigenvalue weighted by atomic mass is 35.5. The maximum atomic E-state index is 13.3. The Hall–Kier alpha value is -2.13. The quantitative estimate of drug-likeness (QED) is 0.662. The van der Waals surface area contributed by atoms with Crippen molar-refractivity contribution in [2.75, 3.05) is 5.32 Å². The second-order valence-electron chi connectivity index (χ2n) is 7.79. The van der Waals surface area contributed by atoms with Gasteiger partial charge in [0.2, 0.25) is 10.0 Å². The number of carbonyl (C=O) groups excluding carboxylic acids is 1. The number of anilines is 1. The van der Waals surface area contributed by atoms with Crippen LogP contribution in [0, 0.1) is 5.92 Å². The minimum absolute atomic E-state index is 0.00572. The molecule has 164 valence electrons. The number of sulfonamides is 1. The summed E-state index contributed by atoms with van der Waals surface area (Å²) in [6.45, 7) is 0. The highest BCUT2D eigenvalue weighted by molar-refractivity contribution is 7.89. The van der Waals surface area contributed by atoms with E-state index in [1.807, 2.05) is 0 Å². The molecule has 10 heteroatoms. The Balaban J connectivity index is 1.55. The minimum atomic E-state index is -3.99. The summed E-state index contributed by atoms with van der Waals surface area (Å²) in [6.07, 6.45) is 2.75. The van der Waals surface area contributed by atoms with Crippen molar-refractivity contribution in [3.05, 3.63) is 58.1 Å². The number of benzene rings is 2. The first-order valence-electron chi connectivity index (χ1n) is 9.81. The van der Waals surface area contributed by atoms with Gasteiger partial charge in [-0.15, -0.1) is 0 Å². The van der Waals surface area contributed by atoms with Crippen LogP contribution in [0.15, 0.2) is 47.4 Å². The number of hydrogen-bond acceptors (Lipinski definition) is 4. The van der Waals surface area contributed by atoms with Crippen LogP contribution >= 0.6 is 23.2 Å². The number of carbonyl (C=O) groups is 2. The molecule has 2 fully saturated rings. The smallest absolute Gasteiger partial charge is 0.322 e. The lowest BCUT2D eigenvalue weighted by molar-refractivity contribution is -0.141. The summed E-state index contributed by atoms with van der Waals surface area (Å²) in [5, 5.41) is 12.8. The molecule has 0 bridgehead atoms. The predicted molar refractivity (Wildman–Crippen MR) is 117 cm³/mol. The van der Waals surface area contributed by atoms with Crippen molar-refractivity contribution in [2.45, 2.75) is 42.7 Å². The molecule has 0 spiro atoms. The van der Waals surface area contributed by atoms with E-state index in [9.17, 15) is 23.1 Å². The van der Waals surface area contributed by atoms with E-state index in [-0.39, 0.29) is 27.4 Å². The predicted octanol–water partition coefficient (Wildman–Crippen LogP) is 4.26. The zero-order chi connectivity index (χ0) is 22.3. The summed E-state index contributed by atoms with van der Waals surface area (Å²) in [5.74, 6) is -1.50. The molecule has 2 aliphatic rings. The Bertz CT molecular complexity index is 1140. The zero-order valence-corrected chi connectivity index (χ0v) is 18.6. The van der Waals surface area contributed by atoms with E-state index in [1.165, 1.54) is 40.7 Å². The number of carboxylic acids is 1. The van der Waals surface area contributed by atoms with Crippen LogP contribution in [-0.4, -0.2) is 41.8 Å². The molecule has 1 aliphatic carbocycles. The van der Waals surface area contributed by atoms with Crippen molar-refractivity contribution in [1.82, 2.24) is 4.31 Å². The second-order valence-corrected chi connectivity index (χ2v) is 10.5. The Kier molecular flexibility index (Phi) is 6.00. The maximum Gasteiger partial charge on any atom is 0.322 e. The van der Waals surface area contributed by atoms with Crippen molar-refractivity contribution in [1.29, 1.82) is 0 Å². The van der Waals surface area contributed by atoms with Gasteiger partial charge in [-0.25, -0.2) is 8.42 Å². The lowest BCUT2D eigenvalue weighted by atomic mass is 10.0. The van der Waals surface area contributed by atoms with Crippen LogP contribution in [-0.2, 0) is 14.8 Å². The lowest BCUT2D eigenvalue weighted by Crippen LogP contribution is -2.44. The number of halogens is 2. The summed E-state index contributed by atoms with van der Waals surface area (Å²) in [5.41, 5.74) is 0.612. The molecule has 2 N–H and O–H groups in total. The molecule has 3 atom stereocenters. The monoisotopic (exact) mass is 482 g/mol. The van der Waals surface area contributed by atoms with E-state index in [0.717, 1.165) is 12.8 Å². The summed E-state index contributed by atoms with van der Waals surface area (Å²) >= 11 is 11.9. The van der Waals surface area contributed by atoms with E-state index in [1.54, 1.807) is 6.07 Å². The van der Waals surface area contributed by atoms with Gasteiger partial charge >= 0.3 is 5.97 Å². The third-order valence-electron chi connectivity index (χ3n) is 5.93. The normalized spacial score (nSPS) is 23.5. The molecule has 1 amide bonds. The summed E-state index contributed by atoms with van der Waals surface area (Å²) in [7, 11) is -3.99. The molecule has 2 aromatic carbocycles. The zero-order valence-electron chi connectivity index (χ0n) is 16.3. The first-order valence-corrected chi connectivity index (χ1v) is 12.0. The number of nitrogens with one attached hydrogen (secondary N) is 1. The van der Waals surface area contributed by atoms with Gasteiger partial charge in [0.25, 0.3) is 5.91 Å². The van der Waals surface area contributed by atoms with Crippen molar-refractivity contribution in [2.24, 2.45) is 5.92 Å². The van der Waals surface area contributed by atoms with Gasteiger partial charge in [0.1, 0.15) is 6.04 Å². The summed E-state index contributed by atoms with van der Waals surface area (Å²) in [6, 6.07) is 8.84. The van der Waals surface area contributed by atoms with E-state index in [4.69, 9.17) is 23.2 Å². The highest BCUT2D eigenvalue weighted by Crippen LogP contribution is 2.44. The van der Waals surface area contributed by atoms with Gasteiger partial charge in [-0.05, 0) is 67.6 Å². The Morgan fingerprint density at radius 1 is 1.06 bits per heavy atom. The van der Waals surface area contributed by atoms with Crippen LogP contribution < -0.4 is 5.32 Å². The van der Waals surface area contributed by atoms with Gasteiger partial charge in [0.15, 0.2) is 0 Å². The van der Waals surface area contributed by atoms with Crippen LogP contribution in [0.2, 0.25) is 10.0 Å². The number of rotatable bonds is 5. The van der Waals surface area contributed by atoms with Crippen LogP contribution in [0.4, 0.5) is 5.69 Å². The van der Waals surface area contributed by atoms with Crippen LogP contribution in [0.25, 0.3) is 0 Å². The number of amides is 1.